The summed E-state index contributed by atoms with van der Waals surface area (Å²) in [6.45, 7) is 2.66. The van der Waals surface area contributed by atoms with Gasteiger partial charge in [0.15, 0.2) is 0 Å². The molecule has 0 bridgehead atoms. The van der Waals surface area contributed by atoms with Crippen molar-refractivity contribution in [3.63, 3.8) is 0 Å². The van der Waals surface area contributed by atoms with Crippen LogP contribution in [0.1, 0.15) is 32.6 Å². The second kappa shape index (κ2) is 9.04. The average molecular weight is 292 g/mol. The van der Waals surface area contributed by atoms with Crippen LogP contribution in [0, 0.1) is 5.92 Å². The summed E-state index contributed by atoms with van der Waals surface area (Å²) in [5.74, 6) is 0.505. The predicted molar refractivity (Wildman–Crippen MR) is 75.3 cm³/mol. The molecule has 0 aromatic heterocycles. The molecule has 0 saturated heterocycles. The second-order valence-corrected chi connectivity index (χ2v) is 7.51. The van der Waals surface area contributed by atoms with Crippen LogP contribution < -0.4 is 0 Å². The number of rotatable bonds is 8. The summed E-state index contributed by atoms with van der Waals surface area (Å²) in [6, 6.07) is 0. The zero-order valence-electron chi connectivity index (χ0n) is 12.5. The second-order valence-electron chi connectivity index (χ2n) is 5.09. The van der Waals surface area contributed by atoms with Crippen molar-refractivity contribution in [3.8, 4) is 0 Å². The maximum atomic E-state index is 9.83. The lowest BCUT2D eigenvalue weighted by Crippen LogP contribution is -2.42. The Morgan fingerprint density at radius 1 is 1.21 bits per heavy atom. The van der Waals surface area contributed by atoms with Crippen LogP contribution in [-0.4, -0.2) is 60.3 Å². The molecule has 0 aliphatic heterocycles. The molecule has 0 heterocycles. The van der Waals surface area contributed by atoms with Gasteiger partial charge in [0, 0.05) is 27.9 Å². The molecule has 1 N–H and O–H groups in total. The first kappa shape index (κ1) is 17.1. The minimum absolute atomic E-state index is 0.0498. The highest BCUT2D eigenvalue weighted by Crippen LogP contribution is 2.30. The standard InChI is InChI=1S/C13H28O5Si/c1-5-18-13(19(16-3)17-4)9-10-6-7-11(14)12(8-10)15-2/h10-14,19H,5-9H2,1-4H3. The van der Waals surface area contributed by atoms with E-state index in [9.17, 15) is 5.11 Å². The molecule has 0 aromatic rings. The first-order valence-corrected chi connectivity index (χ1v) is 8.65. The van der Waals surface area contributed by atoms with Gasteiger partial charge in [-0.3, -0.25) is 0 Å². The number of hydrogen-bond acceptors (Lipinski definition) is 5. The summed E-state index contributed by atoms with van der Waals surface area (Å²) < 4.78 is 22.0. The lowest BCUT2D eigenvalue weighted by atomic mass is 9.83. The monoisotopic (exact) mass is 292 g/mol. The molecule has 1 aliphatic rings. The Hall–Kier alpha value is 0.0169. The van der Waals surface area contributed by atoms with Crippen molar-refractivity contribution >= 4 is 9.28 Å². The van der Waals surface area contributed by atoms with E-state index in [0.29, 0.717) is 12.5 Å². The Labute approximate surface area is 118 Å². The Morgan fingerprint density at radius 3 is 2.42 bits per heavy atom. The van der Waals surface area contributed by atoms with E-state index in [1.807, 2.05) is 6.92 Å². The highest BCUT2D eigenvalue weighted by Gasteiger charge is 2.34. The lowest BCUT2D eigenvalue weighted by Gasteiger charge is -2.34. The predicted octanol–water partition coefficient (Wildman–Crippen LogP) is 1.01. The van der Waals surface area contributed by atoms with E-state index in [0.717, 1.165) is 25.7 Å². The van der Waals surface area contributed by atoms with Crippen molar-refractivity contribution < 1.29 is 23.4 Å². The van der Waals surface area contributed by atoms with Crippen molar-refractivity contribution in [1.82, 2.24) is 0 Å². The number of aliphatic hydroxyl groups is 1. The Kier molecular flexibility index (Phi) is 8.13. The SMILES string of the molecule is CCOC(CC1CCC(O)C(OC)C1)[SiH](OC)OC. The van der Waals surface area contributed by atoms with Gasteiger partial charge in [0.25, 0.3) is 0 Å². The fourth-order valence-corrected chi connectivity index (χ4v) is 4.62. The third-order valence-electron chi connectivity index (χ3n) is 3.88. The maximum Gasteiger partial charge on any atom is 0.350 e. The molecule has 6 heteroatoms. The molecule has 1 rings (SSSR count). The van der Waals surface area contributed by atoms with Gasteiger partial charge in [-0.2, -0.15) is 0 Å². The van der Waals surface area contributed by atoms with Crippen molar-refractivity contribution in [3.05, 3.63) is 0 Å². The molecule has 1 fully saturated rings. The molecule has 1 saturated carbocycles. The van der Waals surface area contributed by atoms with Crippen LogP contribution in [-0.2, 0) is 18.3 Å². The summed E-state index contributed by atoms with van der Waals surface area (Å²) in [7, 11) is 3.28. The minimum atomic E-state index is -1.77. The molecule has 19 heavy (non-hydrogen) atoms. The van der Waals surface area contributed by atoms with Crippen LogP contribution in [0.2, 0.25) is 0 Å². The smallest absolute Gasteiger partial charge is 0.350 e. The normalized spacial score (nSPS) is 29.7. The molecule has 1 aliphatic carbocycles. The highest BCUT2D eigenvalue weighted by molar-refractivity contribution is 6.45. The van der Waals surface area contributed by atoms with Crippen molar-refractivity contribution in [2.24, 2.45) is 5.92 Å². The lowest BCUT2D eigenvalue weighted by molar-refractivity contribution is -0.0568. The molecule has 0 radical (unpaired) electrons. The molecule has 0 spiro atoms. The van der Waals surface area contributed by atoms with E-state index in [4.69, 9.17) is 18.3 Å². The third kappa shape index (κ3) is 5.13. The van der Waals surface area contributed by atoms with Crippen LogP contribution in [0.3, 0.4) is 0 Å². The molecule has 4 unspecified atom stereocenters. The van der Waals surface area contributed by atoms with Gasteiger partial charge < -0.3 is 23.4 Å². The van der Waals surface area contributed by atoms with Crippen LogP contribution in [0.15, 0.2) is 0 Å². The highest BCUT2D eigenvalue weighted by atomic mass is 28.3. The van der Waals surface area contributed by atoms with Crippen LogP contribution in [0.5, 0.6) is 0 Å². The maximum absolute atomic E-state index is 9.83. The first-order chi connectivity index (χ1) is 9.15. The summed E-state index contributed by atoms with van der Waals surface area (Å²) in [6.07, 6.45) is 3.25. The summed E-state index contributed by atoms with van der Waals surface area (Å²) >= 11 is 0. The van der Waals surface area contributed by atoms with Gasteiger partial charge in [-0.15, -0.1) is 0 Å². The van der Waals surface area contributed by atoms with Crippen molar-refractivity contribution in [2.75, 3.05) is 27.9 Å². The number of methoxy groups -OCH3 is 1. The molecule has 4 atom stereocenters. The topological polar surface area (TPSA) is 57.2 Å². The van der Waals surface area contributed by atoms with Crippen LogP contribution >= 0.6 is 0 Å². The van der Waals surface area contributed by atoms with Gasteiger partial charge >= 0.3 is 9.28 Å². The molecule has 0 amide bonds. The van der Waals surface area contributed by atoms with Gasteiger partial charge in [0.1, 0.15) is 0 Å². The van der Waals surface area contributed by atoms with E-state index < -0.39 is 9.28 Å². The summed E-state index contributed by atoms with van der Waals surface area (Å²) in [5.41, 5.74) is 0.0674. The van der Waals surface area contributed by atoms with E-state index >= 15 is 0 Å². The third-order valence-corrected chi connectivity index (χ3v) is 5.88. The molecule has 114 valence electrons. The van der Waals surface area contributed by atoms with Crippen molar-refractivity contribution in [1.29, 1.82) is 0 Å². The van der Waals surface area contributed by atoms with Gasteiger partial charge in [-0.25, -0.2) is 0 Å². The zero-order valence-corrected chi connectivity index (χ0v) is 13.7. The fourth-order valence-electron chi connectivity index (χ4n) is 2.86. The average Bonchev–Trinajstić information content (AvgIpc) is 2.42. The van der Waals surface area contributed by atoms with Gasteiger partial charge in [-0.1, -0.05) is 0 Å². The van der Waals surface area contributed by atoms with Gasteiger partial charge in [0.2, 0.25) is 0 Å². The van der Waals surface area contributed by atoms with Gasteiger partial charge in [0.05, 0.1) is 17.9 Å². The number of hydrogen-bond donors (Lipinski definition) is 1. The van der Waals surface area contributed by atoms with E-state index in [1.165, 1.54) is 0 Å². The first-order valence-electron chi connectivity index (χ1n) is 7.04. The molecular weight excluding hydrogens is 264 g/mol. The van der Waals surface area contributed by atoms with Crippen LogP contribution in [0.25, 0.3) is 0 Å². The Bertz CT molecular complexity index is 237. The molecule has 0 aromatic carbocycles. The van der Waals surface area contributed by atoms with E-state index in [-0.39, 0.29) is 17.9 Å². The molecule has 5 nitrogen and oxygen atoms in total. The summed E-state index contributed by atoms with van der Waals surface area (Å²) in [4.78, 5) is 0. The van der Waals surface area contributed by atoms with Gasteiger partial charge in [-0.05, 0) is 38.5 Å². The van der Waals surface area contributed by atoms with E-state index in [2.05, 4.69) is 0 Å². The van der Waals surface area contributed by atoms with E-state index in [1.54, 1.807) is 21.3 Å². The number of aliphatic hydroxyl groups excluding tert-OH is 1. The number of ether oxygens (including phenoxy) is 2. The zero-order chi connectivity index (χ0) is 14.3. The Morgan fingerprint density at radius 2 is 1.89 bits per heavy atom. The fraction of sp³-hybridized carbons (Fsp3) is 1.00. The quantitative estimate of drug-likeness (QED) is 0.677. The largest absolute Gasteiger partial charge is 0.398 e. The van der Waals surface area contributed by atoms with Crippen molar-refractivity contribution in [2.45, 2.75) is 50.5 Å². The molecular formula is C13H28O5Si. The minimum Gasteiger partial charge on any atom is -0.398 e. The van der Waals surface area contributed by atoms with Crippen LogP contribution in [0.4, 0.5) is 0 Å². The Balaban J connectivity index is 2.53. The summed E-state index contributed by atoms with van der Waals surface area (Å²) in [5, 5.41) is 9.83.